The highest BCUT2D eigenvalue weighted by Crippen LogP contribution is 2.44. The second-order valence-electron chi connectivity index (χ2n) is 18.4. The molecule has 0 spiro atoms. The molecule has 0 aromatic rings. The van der Waals surface area contributed by atoms with E-state index in [1.54, 1.807) is 12.2 Å². The summed E-state index contributed by atoms with van der Waals surface area (Å²) in [6.45, 7) is 3.76. The van der Waals surface area contributed by atoms with Gasteiger partial charge in [-0.15, -0.1) is 0 Å². The van der Waals surface area contributed by atoms with E-state index in [4.69, 9.17) is 28.3 Å². The number of carbonyl (C=O) groups excluding carboxylic acids is 3. The molecule has 16 nitrogen and oxygen atoms in total. The Morgan fingerprint density at radius 1 is 0.662 bits per heavy atom. The highest BCUT2D eigenvalue weighted by molar-refractivity contribution is 7.47. The normalized spacial score (nSPS) is 19.2. The summed E-state index contributed by atoms with van der Waals surface area (Å²) in [5.41, 5.74) is 0. The van der Waals surface area contributed by atoms with Gasteiger partial charge in [-0.25, -0.2) is 9.13 Å². The number of allylic oxidation sites excluding steroid dienone is 1. The molecule has 0 radical (unpaired) electrons. The Labute approximate surface area is 390 Å². The molecule has 65 heavy (non-hydrogen) atoms. The number of ketones is 1. The van der Waals surface area contributed by atoms with E-state index in [2.05, 4.69) is 25.3 Å². The number of phosphoric acid groups is 2. The Balaban J connectivity index is 2.46. The van der Waals surface area contributed by atoms with Crippen LogP contribution >= 0.6 is 15.6 Å². The summed E-state index contributed by atoms with van der Waals surface area (Å²) in [6, 6.07) is 0. The summed E-state index contributed by atoms with van der Waals surface area (Å²) in [7, 11) is -9.76. The average molecular weight is 971 g/mol. The van der Waals surface area contributed by atoms with Gasteiger partial charge in [0, 0.05) is 25.2 Å². The molecule has 1 aliphatic carbocycles. The number of Topliss-reactive ketones (excluding diaryl/α,β-unsaturated/α-hetero) is 1. The lowest BCUT2D eigenvalue weighted by molar-refractivity contribution is -0.161. The fourth-order valence-electron chi connectivity index (χ4n) is 7.91. The van der Waals surface area contributed by atoms with E-state index in [0.717, 1.165) is 63.7 Å². The number of aliphatic hydroxyl groups is 3. The number of hydrogen-bond acceptors (Lipinski definition) is 13. The van der Waals surface area contributed by atoms with Gasteiger partial charge in [-0.05, 0) is 37.5 Å². The second-order valence-corrected chi connectivity index (χ2v) is 21.1. The minimum atomic E-state index is -4.89. The predicted octanol–water partition coefficient (Wildman–Crippen LogP) is 9.74. The molecule has 0 heterocycles. The minimum Gasteiger partial charge on any atom is -0.462 e. The van der Waals surface area contributed by atoms with Gasteiger partial charge in [0.05, 0.1) is 32.0 Å². The standard InChI is InChI=1S/C47H88O16P2/c1-4-5-21-27-39(48)31-32-43-42(44(50)33-45(43)51)28-23-19-20-24-29-46(52)59-36-41(37-62-65(57,58)61-35-40(49)34-60-64(54,55)56)63-47(53)30-25-18-16-14-12-10-8-6-7-9-11-13-15-17-22-26-38(2)3/h31-32,38-44,48-50H,4-30,33-37H2,1-3H3,(H,57,58)(H2,54,55,56)/b32-31+/t39-,40-,41+,42+,43+,44-/m0/s1. The lowest BCUT2D eigenvalue weighted by atomic mass is 9.88. The zero-order valence-electron chi connectivity index (χ0n) is 40.0. The highest BCUT2D eigenvalue weighted by Gasteiger charge is 2.39. The van der Waals surface area contributed by atoms with Crippen LogP contribution in [-0.2, 0) is 46.6 Å². The van der Waals surface area contributed by atoms with Gasteiger partial charge in [-0.3, -0.25) is 28.0 Å². The molecule has 0 aliphatic heterocycles. The van der Waals surface area contributed by atoms with E-state index < -0.39 is 84.3 Å². The van der Waals surface area contributed by atoms with Crippen molar-refractivity contribution in [1.82, 2.24) is 0 Å². The molecule has 382 valence electrons. The smallest absolute Gasteiger partial charge is 0.462 e. The first-order chi connectivity index (χ1) is 30.9. The van der Waals surface area contributed by atoms with Crippen LogP contribution in [0.3, 0.4) is 0 Å². The largest absolute Gasteiger partial charge is 0.472 e. The Morgan fingerprint density at radius 3 is 1.71 bits per heavy atom. The van der Waals surface area contributed by atoms with E-state index >= 15 is 0 Å². The number of ether oxygens (including phenoxy) is 2. The predicted molar refractivity (Wildman–Crippen MR) is 249 cm³/mol. The van der Waals surface area contributed by atoms with Gasteiger partial charge in [0.2, 0.25) is 0 Å². The van der Waals surface area contributed by atoms with Gasteiger partial charge >= 0.3 is 27.6 Å². The van der Waals surface area contributed by atoms with Gasteiger partial charge in [0.25, 0.3) is 0 Å². The molecule has 1 saturated carbocycles. The van der Waals surface area contributed by atoms with Crippen molar-refractivity contribution >= 4 is 33.4 Å². The summed E-state index contributed by atoms with van der Waals surface area (Å²) in [6.07, 6.45) is 25.3. The zero-order chi connectivity index (χ0) is 48.4. The molecular formula is C47H88O16P2. The summed E-state index contributed by atoms with van der Waals surface area (Å²) in [5, 5.41) is 30.6. The molecule has 0 aromatic heterocycles. The lowest BCUT2D eigenvalue weighted by Crippen LogP contribution is -2.30. The summed E-state index contributed by atoms with van der Waals surface area (Å²) < 4.78 is 47.9. The third-order valence-electron chi connectivity index (χ3n) is 11.7. The number of esters is 2. The lowest BCUT2D eigenvalue weighted by Gasteiger charge is -2.20. The quantitative estimate of drug-likeness (QED) is 0.0144. The Hall–Kier alpha value is -1.55. The first-order valence-electron chi connectivity index (χ1n) is 24.8. The summed E-state index contributed by atoms with van der Waals surface area (Å²) in [5.74, 6) is -1.05. The van der Waals surface area contributed by atoms with Crippen LogP contribution in [-0.4, -0.2) is 98.6 Å². The summed E-state index contributed by atoms with van der Waals surface area (Å²) >= 11 is 0. The van der Waals surface area contributed by atoms with Crippen LogP contribution in [0.5, 0.6) is 0 Å². The van der Waals surface area contributed by atoms with E-state index in [1.165, 1.54) is 70.6 Å². The Morgan fingerprint density at radius 2 is 1.15 bits per heavy atom. The molecule has 1 fully saturated rings. The second kappa shape index (κ2) is 37.4. The molecule has 18 heteroatoms. The van der Waals surface area contributed by atoms with Gasteiger partial charge in [0.15, 0.2) is 6.10 Å². The van der Waals surface area contributed by atoms with Crippen molar-refractivity contribution in [3.63, 3.8) is 0 Å². The van der Waals surface area contributed by atoms with E-state index in [-0.39, 0.29) is 31.0 Å². The van der Waals surface area contributed by atoms with Crippen LogP contribution < -0.4 is 0 Å². The molecule has 0 aromatic carbocycles. The minimum absolute atomic E-state index is 0.0267. The first kappa shape index (κ1) is 61.5. The van der Waals surface area contributed by atoms with Crippen LogP contribution in [0.4, 0.5) is 0 Å². The van der Waals surface area contributed by atoms with Gasteiger partial charge in [-0.1, -0.05) is 168 Å². The Kier molecular flexibility index (Phi) is 35.3. The molecule has 0 bridgehead atoms. The molecule has 7 atom stereocenters. The monoisotopic (exact) mass is 971 g/mol. The molecular weight excluding hydrogens is 882 g/mol. The molecule has 1 rings (SSSR count). The van der Waals surface area contributed by atoms with Crippen molar-refractivity contribution in [2.24, 2.45) is 17.8 Å². The topological polar surface area (TPSA) is 253 Å². The van der Waals surface area contributed by atoms with Crippen LogP contribution in [0.15, 0.2) is 12.2 Å². The number of phosphoric ester groups is 2. The van der Waals surface area contributed by atoms with Crippen molar-refractivity contribution in [2.75, 3.05) is 26.4 Å². The number of rotatable bonds is 43. The number of unbranched alkanes of at least 4 members (excludes halogenated alkanes) is 19. The van der Waals surface area contributed by atoms with Gasteiger partial charge in [0.1, 0.15) is 18.5 Å². The molecule has 0 saturated heterocycles. The molecule has 6 N–H and O–H groups in total. The van der Waals surface area contributed by atoms with Gasteiger partial charge < -0.3 is 39.5 Å². The van der Waals surface area contributed by atoms with Gasteiger partial charge in [-0.2, -0.15) is 0 Å². The zero-order valence-corrected chi connectivity index (χ0v) is 41.8. The maximum absolute atomic E-state index is 12.8. The van der Waals surface area contributed by atoms with Crippen LogP contribution in [0.2, 0.25) is 0 Å². The fraction of sp³-hybridized carbons (Fsp3) is 0.894. The third-order valence-corrected chi connectivity index (χ3v) is 13.2. The molecule has 1 aliphatic rings. The number of hydrogen-bond donors (Lipinski definition) is 6. The first-order valence-corrected chi connectivity index (χ1v) is 27.9. The summed E-state index contributed by atoms with van der Waals surface area (Å²) in [4.78, 5) is 65.6. The number of carbonyl (C=O) groups is 3. The van der Waals surface area contributed by atoms with Crippen LogP contribution in [0, 0.1) is 17.8 Å². The van der Waals surface area contributed by atoms with Crippen LogP contribution in [0.25, 0.3) is 0 Å². The molecule has 0 amide bonds. The van der Waals surface area contributed by atoms with Crippen molar-refractivity contribution in [3.8, 4) is 0 Å². The van der Waals surface area contributed by atoms with Crippen molar-refractivity contribution in [2.45, 2.75) is 225 Å². The third kappa shape index (κ3) is 35.3. The maximum atomic E-state index is 12.8. The van der Waals surface area contributed by atoms with E-state index in [0.29, 0.717) is 32.1 Å². The number of aliphatic hydroxyl groups excluding tert-OH is 3. The van der Waals surface area contributed by atoms with E-state index in [1.807, 2.05) is 0 Å². The fourth-order valence-corrected chi connectivity index (χ4v) is 9.07. The SMILES string of the molecule is CCCCC[C@H](O)/C=C/[C@H]1C(=O)C[C@H](O)[C@@H]1CCCCCCC(=O)OC[C@H](COP(=O)(O)OC[C@@H](O)COP(=O)(O)O)OC(=O)CCCCCCCCCCCCCCCCCC(C)C. The van der Waals surface area contributed by atoms with Crippen molar-refractivity contribution in [3.05, 3.63) is 12.2 Å². The van der Waals surface area contributed by atoms with Crippen molar-refractivity contribution < 1.29 is 76.6 Å². The maximum Gasteiger partial charge on any atom is 0.472 e. The van der Waals surface area contributed by atoms with E-state index in [9.17, 15) is 43.7 Å². The average Bonchev–Trinajstić information content (AvgIpc) is 3.51. The Bertz CT molecular complexity index is 1370. The molecule has 1 unspecified atom stereocenters. The van der Waals surface area contributed by atoms with Crippen molar-refractivity contribution in [1.29, 1.82) is 0 Å². The van der Waals surface area contributed by atoms with Crippen LogP contribution in [0.1, 0.15) is 201 Å². The highest BCUT2D eigenvalue weighted by atomic mass is 31.2.